The molecule has 0 spiro atoms. The minimum absolute atomic E-state index is 0.0834. The first-order valence-corrected chi connectivity index (χ1v) is 6.32. The zero-order valence-electron chi connectivity index (χ0n) is 10.4. The highest BCUT2D eigenvalue weighted by molar-refractivity contribution is 5.99. The standard InChI is InChI=1S/C13H17N3O2/c1-9-13(17)15-10-3-2-4-11(12(10)18-9)16-7-5-14-6-8-16/h2-4,9,14H,5-8H2,1H3,(H,15,17)/t9-/m1/s1. The number of fused-ring (bicyclic) bond motifs is 1. The molecule has 5 heteroatoms. The van der Waals surface area contributed by atoms with Crippen molar-refractivity contribution in [3.63, 3.8) is 0 Å². The molecule has 2 N–H and O–H groups in total. The van der Waals surface area contributed by atoms with E-state index in [4.69, 9.17) is 4.74 Å². The van der Waals surface area contributed by atoms with E-state index in [0.717, 1.165) is 43.3 Å². The summed E-state index contributed by atoms with van der Waals surface area (Å²) in [7, 11) is 0. The first-order chi connectivity index (χ1) is 8.75. The van der Waals surface area contributed by atoms with Crippen molar-refractivity contribution in [1.82, 2.24) is 5.32 Å². The number of carbonyl (C=O) groups is 1. The van der Waals surface area contributed by atoms with Crippen molar-refractivity contribution in [3.8, 4) is 5.75 Å². The van der Waals surface area contributed by atoms with Crippen LogP contribution in [0.2, 0.25) is 0 Å². The molecule has 0 unspecified atom stereocenters. The average molecular weight is 247 g/mol. The van der Waals surface area contributed by atoms with Crippen molar-refractivity contribution < 1.29 is 9.53 Å². The molecule has 1 fully saturated rings. The molecule has 3 rings (SSSR count). The third-order valence-electron chi connectivity index (χ3n) is 3.37. The van der Waals surface area contributed by atoms with Crippen LogP contribution >= 0.6 is 0 Å². The van der Waals surface area contributed by atoms with Crippen molar-refractivity contribution in [2.24, 2.45) is 0 Å². The molecule has 0 aliphatic carbocycles. The van der Waals surface area contributed by atoms with Crippen molar-refractivity contribution in [1.29, 1.82) is 0 Å². The smallest absolute Gasteiger partial charge is 0.265 e. The van der Waals surface area contributed by atoms with E-state index in [9.17, 15) is 4.79 Å². The Labute approximate surface area is 106 Å². The molecule has 0 bridgehead atoms. The molecular weight excluding hydrogens is 230 g/mol. The number of ether oxygens (including phenoxy) is 1. The largest absolute Gasteiger partial charge is 0.477 e. The van der Waals surface area contributed by atoms with Gasteiger partial charge in [0.25, 0.3) is 5.91 Å². The van der Waals surface area contributed by atoms with E-state index in [1.54, 1.807) is 6.92 Å². The molecule has 1 saturated heterocycles. The van der Waals surface area contributed by atoms with Crippen molar-refractivity contribution in [2.45, 2.75) is 13.0 Å². The Hall–Kier alpha value is -1.75. The lowest BCUT2D eigenvalue weighted by atomic mass is 10.1. The highest BCUT2D eigenvalue weighted by atomic mass is 16.5. The van der Waals surface area contributed by atoms with Gasteiger partial charge in [-0.2, -0.15) is 0 Å². The summed E-state index contributed by atoms with van der Waals surface area (Å²) < 4.78 is 5.75. The number of para-hydroxylation sites is 1. The van der Waals surface area contributed by atoms with Gasteiger partial charge in [-0.05, 0) is 19.1 Å². The summed E-state index contributed by atoms with van der Waals surface area (Å²) in [5.41, 5.74) is 1.84. The maximum atomic E-state index is 11.6. The van der Waals surface area contributed by atoms with Crippen LogP contribution in [0.15, 0.2) is 18.2 Å². The summed E-state index contributed by atoms with van der Waals surface area (Å²) in [4.78, 5) is 13.9. The van der Waals surface area contributed by atoms with Crippen molar-refractivity contribution >= 4 is 17.3 Å². The van der Waals surface area contributed by atoms with E-state index in [1.165, 1.54) is 0 Å². The molecule has 0 saturated carbocycles. The number of carbonyl (C=O) groups excluding carboxylic acids is 1. The Morgan fingerprint density at radius 2 is 2.11 bits per heavy atom. The normalized spacial score (nSPS) is 23.1. The van der Waals surface area contributed by atoms with Gasteiger partial charge in [-0.1, -0.05) is 6.07 Å². The Kier molecular flexibility index (Phi) is 2.83. The number of nitrogens with zero attached hydrogens (tertiary/aromatic N) is 1. The fourth-order valence-corrected chi connectivity index (χ4v) is 2.37. The highest BCUT2D eigenvalue weighted by Gasteiger charge is 2.27. The first kappa shape index (κ1) is 11.3. The summed E-state index contributed by atoms with van der Waals surface area (Å²) in [6.45, 7) is 5.65. The van der Waals surface area contributed by atoms with Crippen LogP contribution in [0.5, 0.6) is 5.75 Å². The van der Waals surface area contributed by atoms with Gasteiger partial charge in [-0.15, -0.1) is 0 Å². The number of piperazine rings is 1. The summed E-state index contributed by atoms with van der Waals surface area (Å²) in [5, 5.41) is 6.21. The predicted molar refractivity (Wildman–Crippen MR) is 70.2 cm³/mol. The third-order valence-corrected chi connectivity index (χ3v) is 3.37. The summed E-state index contributed by atoms with van der Waals surface area (Å²) in [6.07, 6.45) is -0.429. The van der Waals surface area contributed by atoms with E-state index >= 15 is 0 Å². The van der Waals surface area contributed by atoms with E-state index < -0.39 is 6.10 Å². The molecule has 2 aliphatic rings. The molecule has 18 heavy (non-hydrogen) atoms. The van der Waals surface area contributed by atoms with Crippen LogP contribution in [0.25, 0.3) is 0 Å². The number of anilines is 2. The molecule has 0 radical (unpaired) electrons. The maximum Gasteiger partial charge on any atom is 0.265 e. The minimum Gasteiger partial charge on any atom is -0.477 e. The summed E-state index contributed by atoms with van der Waals surface area (Å²) in [6, 6.07) is 5.88. The number of nitrogens with one attached hydrogen (secondary N) is 2. The number of benzene rings is 1. The molecule has 5 nitrogen and oxygen atoms in total. The fraction of sp³-hybridized carbons (Fsp3) is 0.462. The van der Waals surface area contributed by atoms with Crippen LogP contribution in [-0.2, 0) is 4.79 Å². The lowest BCUT2D eigenvalue weighted by Gasteiger charge is -2.33. The predicted octanol–water partition coefficient (Wildman–Crippen LogP) is 0.816. The second-order valence-electron chi connectivity index (χ2n) is 4.64. The number of hydrogen-bond acceptors (Lipinski definition) is 4. The second kappa shape index (κ2) is 4.49. The van der Waals surface area contributed by atoms with Crippen LogP contribution in [0, 0.1) is 0 Å². The van der Waals surface area contributed by atoms with Crippen LogP contribution < -0.4 is 20.3 Å². The van der Waals surface area contributed by atoms with Gasteiger partial charge >= 0.3 is 0 Å². The molecule has 1 amide bonds. The van der Waals surface area contributed by atoms with Gasteiger partial charge < -0.3 is 20.3 Å². The minimum atomic E-state index is -0.429. The van der Waals surface area contributed by atoms with Crippen molar-refractivity contribution in [3.05, 3.63) is 18.2 Å². The second-order valence-corrected chi connectivity index (χ2v) is 4.64. The van der Waals surface area contributed by atoms with Gasteiger partial charge in [0.1, 0.15) is 0 Å². The molecule has 1 aromatic carbocycles. The molecular formula is C13H17N3O2. The topological polar surface area (TPSA) is 53.6 Å². The Bertz CT molecular complexity index is 469. The van der Waals surface area contributed by atoms with Crippen LogP contribution in [0.4, 0.5) is 11.4 Å². The average Bonchev–Trinajstić information content (AvgIpc) is 2.40. The lowest BCUT2D eigenvalue weighted by Crippen LogP contribution is -2.44. The van der Waals surface area contributed by atoms with E-state index in [1.807, 2.05) is 18.2 Å². The van der Waals surface area contributed by atoms with Gasteiger partial charge in [0.05, 0.1) is 11.4 Å². The van der Waals surface area contributed by atoms with E-state index in [-0.39, 0.29) is 5.91 Å². The summed E-state index contributed by atoms with van der Waals surface area (Å²) >= 11 is 0. The number of rotatable bonds is 1. The van der Waals surface area contributed by atoms with Gasteiger partial charge in [0.15, 0.2) is 11.9 Å². The lowest BCUT2D eigenvalue weighted by molar-refractivity contribution is -0.122. The first-order valence-electron chi connectivity index (χ1n) is 6.32. The highest BCUT2D eigenvalue weighted by Crippen LogP contribution is 2.39. The fourth-order valence-electron chi connectivity index (χ4n) is 2.37. The zero-order valence-corrected chi connectivity index (χ0v) is 10.4. The van der Waals surface area contributed by atoms with Gasteiger partial charge in [0.2, 0.25) is 0 Å². The Morgan fingerprint density at radius 3 is 2.89 bits per heavy atom. The zero-order chi connectivity index (χ0) is 12.5. The molecule has 1 aromatic rings. The molecule has 0 aromatic heterocycles. The quantitative estimate of drug-likeness (QED) is 0.771. The number of amides is 1. The SMILES string of the molecule is C[C@H]1Oc2c(cccc2N2CCNCC2)NC1=O. The van der Waals surface area contributed by atoms with Crippen LogP contribution in [0.3, 0.4) is 0 Å². The Morgan fingerprint density at radius 1 is 1.33 bits per heavy atom. The monoisotopic (exact) mass is 247 g/mol. The van der Waals surface area contributed by atoms with Gasteiger partial charge in [-0.25, -0.2) is 0 Å². The molecule has 1 atom stereocenters. The van der Waals surface area contributed by atoms with Crippen LogP contribution in [-0.4, -0.2) is 38.2 Å². The van der Waals surface area contributed by atoms with E-state index in [0.29, 0.717) is 0 Å². The molecule has 96 valence electrons. The van der Waals surface area contributed by atoms with Crippen molar-refractivity contribution in [2.75, 3.05) is 36.4 Å². The molecule has 2 heterocycles. The number of hydrogen-bond donors (Lipinski definition) is 2. The third kappa shape index (κ3) is 1.90. The van der Waals surface area contributed by atoms with E-state index in [2.05, 4.69) is 15.5 Å². The van der Waals surface area contributed by atoms with Crippen LogP contribution in [0.1, 0.15) is 6.92 Å². The van der Waals surface area contributed by atoms with Gasteiger partial charge in [0, 0.05) is 26.2 Å². The maximum absolute atomic E-state index is 11.6. The summed E-state index contributed by atoms with van der Waals surface area (Å²) in [5.74, 6) is 0.714. The molecule has 2 aliphatic heterocycles. The Balaban J connectivity index is 1.96. The van der Waals surface area contributed by atoms with Gasteiger partial charge in [-0.3, -0.25) is 4.79 Å².